The van der Waals surface area contributed by atoms with Gasteiger partial charge in [0.05, 0.1) is 0 Å². The van der Waals surface area contributed by atoms with E-state index in [0.717, 1.165) is 25.2 Å². The molecule has 0 amide bonds. The average molecular weight is 249 g/mol. The van der Waals surface area contributed by atoms with Gasteiger partial charge in [-0.05, 0) is 31.4 Å². The van der Waals surface area contributed by atoms with Gasteiger partial charge in [0.25, 0.3) is 0 Å². The largest absolute Gasteiger partial charge is 0.487 e. The van der Waals surface area contributed by atoms with Crippen molar-refractivity contribution in [1.29, 1.82) is 0 Å². The Morgan fingerprint density at radius 1 is 1.28 bits per heavy atom. The Morgan fingerprint density at radius 2 is 1.94 bits per heavy atom. The van der Waals surface area contributed by atoms with Crippen LogP contribution >= 0.6 is 0 Å². The van der Waals surface area contributed by atoms with Gasteiger partial charge in [0.1, 0.15) is 18.0 Å². The van der Waals surface area contributed by atoms with Gasteiger partial charge in [0, 0.05) is 19.1 Å². The summed E-state index contributed by atoms with van der Waals surface area (Å²) in [4.78, 5) is 0. The molecule has 0 saturated heterocycles. The first-order valence-corrected chi connectivity index (χ1v) is 6.73. The Balaban J connectivity index is 2.01. The van der Waals surface area contributed by atoms with Crippen LogP contribution in [0, 0.1) is 13.8 Å². The van der Waals surface area contributed by atoms with Gasteiger partial charge >= 0.3 is 0 Å². The number of aryl methyl sites for hydroxylation is 2. The van der Waals surface area contributed by atoms with Gasteiger partial charge in [-0.15, -0.1) is 0 Å². The number of para-hydroxylation sites is 1. The first-order chi connectivity index (χ1) is 8.63. The molecule has 3 nitrogen and oxygen atoms in total. The van der Waals surface area contributed by atoms with Gasteiger partial charge in [-0.3, -0.25) is 0 Å². The lowest BCUT2D eigenvalue weighted by molar-refractivity contribution is -0.0983. The molecular formula is C15H23NO2. The third kappa shape index (κ3) is 2.68. The van der Waals surface area contributed by atoms with E-state index in [0.29, 0.717) is 0 Å². The van der Waals surface area contributed by atoms with Crippen LogP contribution in [0.3, 0.4) is 0 Å². The fourth-order valence-corrected chi connectivity index (χ4v) is 2.35. The van der Waals surface area contributed by atoms with Crippen molar-refractivity contribution in [3.05, 3.63) is 29.3 Å². The van der Waals surface area contributed by atoms with Gasteiger partial charge in [0.2, 0.25) is 0 Å². The number of ether oxygens (including phenoxy) is 2. The number of benzene rings is 1. The molecular weight excluding hydrogens is 226 g/mol. The molecule has 0 heterocycles. The van der Waals surface area contributed by atoms with Crippen LogP contribution in [0.2, 0.25) is 0 Å². The number of hydrogen-bond acceptors (Lipinski definition) is 3. The molecule has 1 aliphatic rings. The van der Waals surface area contributed by atoms with Crippen LogP contribution in [0.5, 0.6) is 5.75 Å². The fraction of sp³-hybridized carbons (Fsp3) is 0.600. The normalized spacial score (nSPS) is 26.8. The highest BCUT2D eigenvalue weighted by Gasteiger charge is 2.41. The first-order valence-electron chi connectivity index (χ1n) is 6.73. The van der Waals surface area contributed by atoms with Crippen LogP contribution in [0.25, 0.3) is 0 Å². The summed E-state index contributed by atoms with van der Waals surface area (Å²) in [5, 5.41) is 0. The zero-order valence-corrected chi connectivity index (χ0v) is 11.5. The zero-order chi connectivity index (χ0) is 13.1. The third-order valence-electron chi connectivity index (χ3n) is 3.49. The van der Waals surface area contributed by atoms with Crippen LogP contribution in [0.15, 0.2) is 18.2 Å². The zero-order valence-electron chi connectivity index (χ0n) is 11.5. The number of rotatable bonds is 5. The Kier molecular flexibility index (Phi) is 4.25. The molecule has 1 saturated carbocycles. The lowest BCUT2D eigenvalue weighted by Crippen LogP contribution is -2.59. The van der Waals surface area contributed by atoms with E-state index in [1.54, 1.807) is 0 Å². The molecule has 3 heteroatoms. The summed E-state index contributed by atoms with van der Waals surface area (Å²) in [6.45, 7) is 7.00. The highest BCUT2D eigenvalue weighted by Crippen LogP contribution is 2.31. The molecule has 2 N–H and O–H groups in total. The highest BCUT2D eigenvalue weighted by molar-refractivity contribution is 5.40. The summed E-state index contributed by atoms with van der Waals surface area (Å²) in [6.07, 6.45) is 2.04. The van der Waals surface area contributed by atoms with E-state index in [9.17, 15) is 0 Å². The maximum absolute atomic E-state index is 6.09. The Labute approximate surface area is 109 Å². The first kappa shape index (κ1) is 13.4. The minimum atomic E-state index is 0.0453. The van der Waals surface area contributed by atoms with Crippen molar-refractivity contribution >= 4 is 0 Å². The second-order valence-corrected chi connectivity index (χ2v) is 5.11. The fourth-order valence-electron chi connectivity index (χ4n) is 2.35. The van der Waals surface area contributed by atoms with E-state index in [1.165, 1.54) is 11.1 Å². The summed E-state index contributed by atoms with van der Waals surface area (Å²) in [5.74, 6) is 0.986. The molecule has 2 rings (SSSR count). The van der Waals surface area contributed by atoms with Crippen molar-refractivity contribution in [2.75, 3.05) is 6.61 Å². The Hall–Kier alpha value is -1.06. The van der Waals surface area contributed by atoms with Gasteiger partial charge in [-0.25, -0.2) is 0 Å². The number of nitrogens with two attached hydrogens (primary N) is 1. The van der Waals surface area contributed by atoms with Crippen LogP contribution in [0.4, 0.5) is 0 Å². The summed E-state index contributed by atoms with van der Waals surface area (Å²) in [5.41, 5.74) is 8.32. The lowest BCUT2D eigenvalue weighted by Gasteiger charge is -2.42. The molecule has 1 aliphatic carbocycles. The van der Waals surface area contributed by atoms with Crippen molar-refractivity contribution in [1.82, 2.24) is 0 Å². The maximum Gasteiger partial charge on any atom is 0.128 e. The van der Waals surface area contributed by atoms with Crippen molar-refractivity contribution in [2.45, 2.75) is 51.9 Å². The molecule has 0 radical (unpaired) electrons. The van der Waals surface area contributed by atoms with Crippen molar-refractivity contribution < 1.29 is 9.47 Å². The van der Waals surface area contributed by atoms with Crippen LogP contribution in [0.1, 0.15) is 30.9 Å². The van der Waals surface area contributed by atoms with Gasteiger partial charge < -0.3 is 15.2 Å². The molecule has 0 bridgehead atoms. The van der Waals surface area contributed by atoms with E-state index in [2.05, 4.69) is 39.0 Å². The molecule has 3 unspecified atom stereocenters. The second kappa shape index (κ2) is 5.72. The summed E-state index contributed by atoms with van der Waals surface area (Å²) < 4.78 is 11.8. The SMILES string of the molecule is CCCOC1C(N)CC1Oc1c(C)cccc1C. The lowest BCUT2D eigenvalue weighted by atomic mass is 9.86. The standard InChI is InChI=1S/C15H23NO2/c1-4-8-17-15-12(16)9-13(15)18-14-10(2)6-5-7-11(14)3/h5-7,12-13,15H,4,8-9,16H2,1-3H3. The Bertz CT molecular complexity index is 385. The van der Waals surface area contributed by atoms with E-state index in [1.807, 2.05) is 0 Å². The second-order valence-electron chi connectivity index (χ2n) is 5.11. The molecule has 18 heavy (non-hydrogen) atoms. The molecule has 3 atom stereocenters. The van der Waals surface area contributed by atoms with Crippen molar-refractivity contribution in [2.24, 2.45) is 5.73 Å². The molecule has 0 aromatic heterocycles. The van der Waals surface area contributed by atoms with Gasteiger partial charge in [0.15, 0.2) is 0 Å². The van der Waals surface area contributed by atoms with E-state index >= 15 is 0 Å². The van der Waals surface area contributed by atoms with Crippen LogP contribution < -0.4 is 10.5 Å². The van der Waals surface area contributed by atoms with E-state index < -0.39 is 0 Å². The molecule has 1 aromatic carbocycles. The van der Waals surface area contributed by atoms with Crippen LogP contribution in [-0.2, 0) is 4.74 Å². The summed E-state index contributed by atoms with van der Waals surface area (Å²) >= 11 is 0. The maximum atomic E-state index is 6.09. The third-order valence-corrected chi connectivity index (χ3v) is 3.49. The predicted octanol–water partition coefficient (Wildman–Crippen LogP) is 2.58. The topological polar surface area (TPSA) is 44.5 Å². The summed E-state index contributed by atoms with van der Waals surface area (Å²) in [6, 6.07) is 6.31. The van der Waals surface area contributed by atoms with E-state index in [4.69, 9.17) is 15.2 Å². The average Bonchev–Trinajstić information content (AvgIpc) is 2.33. The number of hydrogen-bond donors (Lipinski definition) is 1. The van der Waals surface area contributed by atoms with Gasteiger partial charge in [-0.2, -0.15) is 0 Å². The molecule has 1 fully saturated rings. The van der Waals surface area contributed by atoms with Gasteiger partial charge in [-0.1, -0.05) is 25.1 Å². The molecule has 100 valence electrons. The highest BCUT2D eigenvalue weighted by atomic mass is 16.5. The van der Waals surface area contributed by atoms with Crippen molar-refractivity contribution in [3.8, 4) is 5.75 Å². The monoisotopic (exact) mass is 249 g/mol. The summed E-state index contributed by atoms with van der Waals surface area (Å²) in [7, 11) is 0. The predicted molar refractivity (Wildman–Crippen MR) is 73.0 cm³/mol. The quantitative estimate of drug-likeness (QED) is 0.872. The van der Waals surface area contributed by atoms with E-state index in [-0.39, 0.29) is 18.2 Å². The minimum Gasteiger partial charge on any atom is -0.487 e. The molecule has 1 aromatic rings. The smallest absolute Gasteiger partial charge is 0.128 e. The minimum absolute atomic E-state index is 0.0453. The molecule has 0 aliphatic heterocycles. The van der Waals surface area contributed by atoms with Crippen molar-refractivity contribution in [3.63, 3.8) is 0 Å². The molecule has 0 spiro atoms. The Morgan fingerprint density at radius 3 is 2.50 bits per heavy atom. The van der Waals surface area contributed by atoms with Crippen LogP contribution in [-0.4, -0.2) is 24.9 Å².